The molecule has 0 fully saturated rings. The Labute approximate surface area is 156 Å². The summed E-state index contributed by atoms with van der Waals surface area (Å²) in [6, 6.07) is 16.9. The number of hydrazine groups is 1. The maximum absolute atomic E-state index is 12.1. The van der Waals surface area contributed by atoms with E-state index in [1.54, 1.807) is 18.2 Å². The molecule has 26 heavy (non-hydrogen) atoms. The van der Waals surface area contributed by atoms with E-state index in [-0.39, 0.29) is 23.5 Å². The maximum atomic E-state index is 12.1. The first-order valence-corrected chi connectivity index (χ1v) is 8.44. The van der Waals surface area contributed by atoms with E-state index in [9.17, 15) is 9.59 Å². The molecule has 7 heteroatoms. The van der Waals surface area contributed by atoms with Crippen molar-refractivity contribution in [3.63, 3.8) is 0 Å². The van der Waals surface area contributed by atoms with E-state index in [0.29, 0.717) is 5.56 Å². The Hall–Kier alpha value is -3.19. The summed E-state index contributed by atoms with van der Waals surface area (Å²) in [5, 5.41) is 3.62. The highest BCUT2D eigenvalue weighted by Gasteiger charge is 2.09. The van der Waals surface area contributed by atoms with Gasteiger partial charge in [-0.05, 0) is 48.8 Å². The Morgan fingerprint density at radius 3 is 2.65 bits per heavy atom. The van der Waals surface area contributed by atoms with Crippen molar-refractivity contribution in [1.29, 1.82) is 0 Å². The smallest absolute Gasteiger partial charge is 0.258 e. The van der Waals surface area contributed by atoms with E-state index in [2.05, 4.69) is 16.2 Å². The Balaban J connectivity index is 1.51. The monoisotopic (exact) mass is 366 g/mol. The molecule has 1 aromatic heterocycles. The molecule has 3 aromatic rings. The zero-order valence-electron chi connectivity index (χ0n) is 14.2. The summed E-state index contributed by atoms with van der Waals surface area (Å²) in [6.07, 6.45) is 1.85. The van der Waals surface area contributed by atoms with Crippen molar-refractivity contribution in [1.82, 2.24) is 20.7 Å². The van der Waals surface area contributed by atoms with Crippen LogP contribution < -0.4 is 16.2 Å². The lowest BCUT2D eigenvalue weighted by Crippen LogP contribution is -2.49. The van der Waals surface area contributed by atoms with Gasteiger partial charge in [0.25, 0.3) is 11.8 Å². The van der Waals surface area contributed by atoms with Gasteiger partial charge in [-0.2, -0.15) is 0 Å². The minimum Gasteiger partial charge on any atom is -0.338 e. The van der Waals surface area contributed by atoms with Crippen LogP contribution in [0.2, 0.25) is 0 Å². The lowest BCUT2D eigenvalue weighted by Gasteiger charge is -2.12. The second-order valence-electron chi connectivity index (χ2n) is 5.83. The van der Waals surface area contributed by atoms with Crippen LogP contribution in [0.15, 0.2) is 60.8 Å². The maximum Gasteiger partial charge on any atom is 0.258 e. The first-order valence-electron chi connectivity index (χ1n) is 8.03. The second kappa shape index (κ2) is 7.79. The second-order valence-corrected chi connectivity index (χ2v) is 6.24. The number of para-hydroxylation sites is 1. The third-order valence-corrected chi connectivity index (χ3v) is 4.02. The van der Waals surface area contributed by atoms with Crippen LogP contribution in [0.1, 0.15) is 15.9 Å². The van der Waals surface area contributed by atoms with Crippen LogP contribution in [0.5, 0.6) is 0 Å². The zero-order chi connectivity index (χ0) is 18.5. The number of aryl methyl sites for hydroxylation is 1. The van der Waals surface area contributed by atoms with E-state index in [0.717, 1.165) is 16.5 Å². The predicted molar refractivity (Wildman–Crippen MR) is 104 cm³/mol. The molecule has 0 unspecified atom stereocenters. The number of fused-ring (bicyclic) bond motifs is 1. The minimum absolute atomic E-state index is 0.0298. The molecule has 6 nitrogen and oxygen atoms in total. The topological polar surface area (TPSA) is 75.2 Å². The van der Waals surface area contributed by atoms with Crippen molar-refractivity contribution in [3.05, 3.63) is 71.9 Å². The van der Waals surface area contributed by atoms with E-state index < -0.39 is 0 Å². The van der Waals surface area contributed by atoms with Crippen molar-refractivity contribution >= 4 is 40.0 Å². The van der Waals surface area contributed by atoms with Gasteiger partial charge in [-0.1, -0.05) is 35.9 Å². The van der Waals surface area contributed by atoms with Gasteiger partial charge >= 0.3 is 0 Å². The van der Waals surface area contributed by atoms with Crippen molar-refractivity contribution in [2.75, 3.05) is 0 Å². The van der Waals surface area contributed by atoms with Crippen LogP contribution in [0.4, 0.5) is 0 Å². The third kappa shape index (κ3) is 4.25. The molecule has 2 amide bonds. The van der Waals surface area contributed by atoms with Gasteiger partial charge in [0, 0.05) is 17.3 Å². The van der Waals surface area contributed by atoms with E-state index >= 15 is 0 Å². The van der Waals surface area contributed by atoms with Crippen molar-refractivity contribution in [3.8, 4) is 0 Å². The van der Waals surface area contributed by atoms with Crippen LogP contribution in [0, 0.1) is 6.92 Å². The van der Waals surface area contributed by atoms with Gasteiger partial charge < -0.3 is 4.57 Å². The lowest BCUT2D eigenvalue weighted by atomic mass is 10.1. The van der Waals surface area contributed by atoms with E-state index in [1.807, 2.05) is 54.1 Å². The van der Waals surface area contributed by atoms with Gasteiger partial charge in [-0.3, -0.25) is 25.8 Å². The molecule has 0 saturated carbocycles. The van der Waals surface area contributed by atoms with Gasteiger partial charge in [0.15, 0.2) is 5.11 Å². The first-order chi connectivity index (χ1) is 12.5. The molecule has 3 rings (SSSR count). The molecule has 0 spiro atoms. The number of rotatable bonds is 3. The number of carbonyl (C=O) groups is 2. The highest BCUT2D eigenvalue weighted by molar-refractivity contribution is 7.80. The van der Waals surface area contributed by atoms with Gasteiger partial charge in [-0.15, -0.1) is 0 Å². The summed E-state index contributed by atoms with van der Waals surface area (Å²) in [6.45, 7) is 2.04. The molecule has 2 aromatic carbocycles. The molecule has 0 aliphatic rings. The number of benzene rings is 2. The number of nitrogens with one attached hydrogen (secondary N) is 3. The number of carbonyl (C=O) groups excluding carboxylic acids is 2. The van der Waals surface area contributed by atoms with Gasteiger partial charge in [0.1, 0.15) is 6.54 Å². The molecule has 0 aliphatic carbocycles. The Kier molecular flexibility index (Phi) is 5.28. The highest BCUT2D eigenvalue weighted by Crippen LogP contribution is 2.14. The van der Waals surface area contributed by atoms with Gasteiger partial charge in [-0.25, -0.2) is 0 Å². The molecule has 1 heterocycles. The quantitative estimate of drug-likeness (QED) is 0.491. The number of hydrogen-bond donors (Lipinski definition) is 3. The SMILES string of the molecule is Cc1cccc(C(=O)NC(=S)NNC(=O)Cn2ccc3ccccc32)c1. The molecule has 132 valence electrons. The van der Waals surface area contributed by atoms with Crippen molar-refractivity contribution < 1.29 is 9.59 Å². The van der Waals surface area contributed by atoms with Crippen LogP contribution in [0.25, 0.3) is 10.9 Å². The third-order valence-electron chi connectivity index (χ3n) is 3.82. The zero-order valence-corrected chi connectivity index (χ0v) is 15.0. The average Bonchev–Trinajstić information content (AvgIpc) is 3.03. The predicted octanol–water partition coefficient (Wildman–Crippen LogP) is 2.29. The van der Waals surface area contributed by atoms with Gasteiger partial charge in [0.2, 0.25) is 0 Å². The highest BCUT2D eigenvalue weighted by atomic mass is 32.1. The summed E-state index contributed by atoms with van der Waals surface area (Å²) < 4.78 is 1.83. The summed E-state index contributed by atoms with van der Waals surface area (Å²) in [5.41, 5.74) is 7.48. The molecule has 3 N–H and O–H groups in total. The molecule has 0 saturated heterocycles. The average molecular weight is 366 g/mol. The normalized spacial score (nSPS) is 10.3. The molecule has 0 aliphatic heterocycles. The fourth-order valence-corrected chi connectivity index (χ4v) is 2.74. The molecule has 0 atom stereocenters. The molecule has 0 bridgehead atoms. The Morgan fingerprint density at radius 2 is 1.85 bits per heavy atom. The van der Waals surface area contributed by atoms with E-state index in [4.69, 9.17) is 12.2 Å². The number of aromatic nitrogens is 1. The lowest BCUT2D eigenvalue weighted by molar-refractivity contribution is -0.122. The standard InChI is InChI=1S/C19H18N4O2S/c1-13-5-4-7-15(11-13)18(25)20-19(26)22-21-17(24)12-23-10-9-14-6-2-3-8-16(14)23/h2-11H,12H2,1H3,(H,21,24)(H2,20,22,25,26). The minimum atomic E-state index is -0.336. The molecule has 0 radical (unpaired) electrons. The molecular formula is C19H18N4O2S. The van der Waals surface area contributed by atoms with Crippen LogP contribution in [-0.2, 0) is 11.3 Å². The number of nitrogens with zero attached hydrogens (tertiary/aromatic N) is 1. The van der Waals surface area contributed by atoms with Crippen LogP contribution >= 0.6 is 12.2 Å². The van der Waals surface area contributed by atoms with Gasteiger partial charge in [0.05, 0.1) is 0 Å². The van der Waals surface area contributed by atoms with Crippen molar-refractivity contribution in [2.45, 2.75) is 13.5 Å². The van der Waals surface area contributed by atoms with Crippen molar-refractivity contribution in [2.24, 2.45) is 0 Å². The number of amides is 2. The Morgan fingerprint density at radius 1 is 1.04 bits per heavy atom. The summed E-state index contributed by atoms with van der Waals surface area (Å²) in [5.74, 6) is -0.615. The number of thiocarbonyl (C=S) groups is 1. The van der Waals surface area contributed by atoms with E-state index in [1.165, 1.54) is 0 Å². The number of hydrogen-bond acceptors (Lipinski definition) is 3. The first kappa shape index (κ1) is 17.6. The Bertz CT molecular complexity index is 980. The van der Waals surface area contributed by atoms with Crippen LogP contribution in [-0.4, -0.2) is 21.5 Å². The summed E-state index contributed by atoms with van der Waals surface area (Å²) in [4.78, 5) is 24.2. The molecular weight excluding hydrogens is 348 g/mol. The fourth-order valence-electron chi connectivity index (χ4n) is 2.59. The summed E-state index contributed by atoms with van der Waals surface area (Å²) >= 11 is 5.04. The van der Waals surface area contributed by atoms with Crippen LogP contribution in [0.3, 0.4) is 0 Å². The fraction of sp³-hybridized carbons (Fsp3) is 0.105. The largest absolute Gasteiger partial charge is 0.338 e. The summed E-state index contributed by atoms with van der Waals surface area (Å²) in [7, 11) is 0.